The Kier molecular flexibility index (Phi) is 5.02. The highest BCUT2D eigenvalue weighted by molar-refractivity contribution is 6.17. The van der Waals surface area contributed by atoms with Gasteiger partial charge in [-0.15, -0.1) is 11.6 Å². The van der Waals surface area contributed by atoms with E-state index in [9.17, 15) is 0 Å². The molecule has 0 fully saturated rings. The van der Waals surface area contributed by atoms with Crippen LogP contribution < -0.4 is 4.74 Å². The first-order valence-corrected chi connectivity index (χ1v) is 7.42. The van der Waals surface area contributed by atoms with Gasteiger partial charge in [-0.05, 0) is 30.0 Å². The summed E-state index contributed by atoms with van der Waals surface area (Å²) in [6.07, 6.45) is -0.0331. The predicted molar refractivity (Wildman–Crippen MR) is 83.4 cm³/mol. The van der Waals surface area contributed by atoms with Gasteiger partial charge < -0.3 is 4.74 Å². The van der Waals surface area contributed by atoms with Crippen LogP contribution in [0.15, 0.2) is 42.5 Å². The highest BCUT2D eigenvalue weighted by atomic mass is 35.5. The van der Waals surface area contributed by atoms with Gasteiger partial charge in [-0.3, -0.25) is 0 Å². The predicted octanol–water partition coefficient (Wildman–Crippen LogP) is 5.08. The van der Waals surface area contributed by atoms with Gasteiger partial charge in [0.25, 0.3) is 0 Å². The van der Waals surface area contributed by atoms with Gasteiger partial charge in [-0.25, -0.2) is 4.98 Å². The zero-order valence-corrected chi connectivity index (χ0v) is 12.9. The maximum Gasteiger partial charge on any atom is 0.214 e. The lowest BCUT2D eigenvalue weighted by Gasteiger charge is -2.16. The summed E-state index contributed by atoms with van der Waals surface area (Å²) in [5, 5.41) is 0. The number of alkyl halides is 1. The number of benzene rings is 1. The summed E-state index contributed by atoms with van der Waals surface area (Å²) in [6, 6.07) is 14.1. The Morgan fingerprint density at radius 1 is 1.10 bits per heavy atom. The van der Waals surface area contributed by atoms with Crippen molar-refractivity contribution in [3.63, 3.8) is 0 Å². The van der Waals surface area contributed by atoms with Gasteiger partial charge in [-0.1, -0.05) is 44.2 Å². The Bertz CT molecular complexity index is 554. The lowest BCUT2D eigenvalue weighted by atomic mass is 10.1. The lowest BCUT2D eigenvalue weighted by Crippen LogP contribution is -2.06. The second-order valence-electron chi connectivity index (χ2n) is 5.20. The van der Waals surface area contributed by atoms with Crippen LogP contribution in [0.25, 0.3) is 0 Å². The number of halogens is 1. The van der Waals surface area contributed by atoms with Crippen LogP contribution >= 0.6 is 11.6 Å². The largest absolute Gasteiger partial charge is 0.470 e. The molecule has 1 atom stereocenters. The van der Waals surface area contributed by atoms with Crippen LogP contribution in [0.5, 0.6) is 5.88 Å². The summed E-state index contributed by atoms with van der Waals surface area (Å²) < 4.78 is 5.96. The van der Waals surface area contributed by atoms with Crippen molar-refractivity contribution in [2.45, 2.75) is 38.7 Å². The molecule has 1 aromatic heterocycles. The number of pyridine rings is 1. The third kappa shape index (κ3) is 3.73. The van der Waals surface area contributed by atoms with Crippen molar-refractivity contribution >= 4 is 11.6 Å². The normalized spacial score (nSPS) is 12.4. The van der Waals surface area contributed by atoms with E-state index in [1.54, 1.807) is 0 Å². The Hall–Kier alpha value is -1.54. The second kappa shape index (κ2) is 6.76. The van der Waals surface area contributed by atoms with Gasteiger partial charge in [0.05, 0.1) is 0 Å². The molecule has 0 saturated carbocycles. The number of rotatable bonds is 5. The van der Waals surface area contributed by atoms with Crippen LogP contribution in [0.4, 0.5) is 0 Å². The molecule has 0 saturated heterocycles. The van der Waals surface area contributed by atoms with Gasteiger partial charge in [0, 0.05) is 17.6 Å². The second-order valence-corrected chi connectivity index (χ2v) is 5.46. The Balaban J connectivity index is 2.22. The fourth-order valence-corrected chi connectivity index (χ4v) is 2.14. The number of nitrogens with zero attached hydrogens (tertiary/aromatic N) is 1. The number of hydrogen-bond donors (Lipinski definition) is 0. The molecule has 0 aliphatic rings. The lowest BCUT2D eigenvalue weighted by molar-refractivity contribution is 0.216. The van der Waals surface area contributed by atoms with E-state index in [1.165, 1.54) is 0 Å². The van der Waals surface area contributed by atoms with E-state index < -0.39 is 0 Å². The van der Waals surface area contributed by atoms with Gasteiger partial charge in [0.1, 0.15) is 6.10 Å². The van der Waals surface area contributed by atoms with Crippen LogP contribution in [0, 0.1) is 0 Å². The van der Waals surface area contributed by atoms with E-state index >= 15 is 0 Å². The molecule has 20 heavy (non-hydrogen) atoms. The summed E-state index contributed by atoms with van der Waals surface area (Å²) in [5.74, 6) is 1.47. The molecule has 2 aromatic rings. The van der Waals surface area contributed by atoms with E-state index in [0.717, 1.165) is 16.8 Å². The summed E-state index contributed by atoms with van der Waals surface area (Å²) in [5.41, 5.74) is 3.19. The fourth-order valence-electron chi connectivity index (χ4n) is 1.99. The van der Waals surface area contributed by atoms with E-state index in [2.05, 4.69) is 31.0 Å². The molecular formula is C17H20ClNO. The van der Waals surface area contributed by atoms with Crippen molar-refractivity contribution in [2.24, 2.45) is 0 Å². The molecule has 0 aliphatic carbocycles. The maximum absolute atomic E-state index is 5.96. The van der Waals surface area contributed by atoms with Crippen LogP contribution in [0.1, 0.15) is 49.6 Å². The van der Waals surface area contributed by atoms with Crippen molar-refractivity contribution in [3.05, 3.63) is 59.3 Å². The summed E-state index contributed by atoms with van der Waals surface area (Å²) in [4.78, 5) is 4.57. The zero-order valence-electron chi connectivity index (χ0n) is 12.1. The molecule has 1 heterocycles. The first-order valence-electron chi connectivity index (χ1n) is 6.88. The van der Waals surface area contributed by atoms with Crippen molar-refractivity contribution in [3.8, 4) is 5.88 Å². The topological polar surface area (TPSA) is 22.1 Å². The Morgan fingerprint density at radius 2 is 1.80 bits per heavy atom. The monoisotopic (exact) mass is 289 g/mol. The third-order valence-electron chi connectivity index (χ3n) is 3.19. The fraction of sp³-hybridized carbons (Fsp3) is 0.353. The van der Waals surface area contributed by atoms with E-state index in [1.807, 2.05) is 37.3 Å². The molecule has 0 bridgehead atoms. The van der Waals surface area contributed by atoms with E-state index in [0.29, 0.717) is 17.7 Å². The van der Waals surface area contributed by atoms with Crippen LogP contribution in [-0.2, 0) is 5.88 Å². The molecule has 3 heteroatoms. The molecule has 106 valence electrons. The third-order valence-corrected chi connectivity index (χ3v) is 3.50. The van der Waals surface area contributed by atoms with Crippen molar-refractivity contribution in [1.82, 2.24) is 4.98 Å². The van der Waals surface area contributed by atoms with E-state index in [4.69, 9.17) is 16.3 Å². The van der Waals surface area contributed by atoms with Crippen molar-refractivity contribution in [2.75, 3.05) is 0 Å². The highest BCUT2D eigenvalue weighted by Crippen LogP contribution is 2.24. The minimum Gasteiger partial charge on any atom is -0.470 e. The Labute approximate surface area is 125 Å². The summed E-state index contributed by atoms with van der Waals surface area (Å²) in [6.45, 7) is 6.26. The van der Waals surface area contributed by atoms with Gasteiger partial charge >= 0.3 is 0 Å². The number of ether oxygens (including phenoxy) is 1. The first kappa shape index (κ1) is 14.9. The van der Waals surface area contributed by atoms with Gasteiger partial charge in [0.15, 0.2) is 0 Å². The highest BCUT2D eigenvalue weighted by Gasteiger charge is 2.11. The minimum absolute atomic E-state index is 0.0331. The molecule has 0 N–H and O–H groups in total. The SMILES string of the molecule is CC(C)c1cc(CCl)cc(OC(C)c2ccccc2)n1. The summed E-state index contributed by atoms with van der Waals surface area (Å²) >= 11 is 5.95. The number of hydrogen-bond acceptors (Lipinski definition) is 2. The average molecular weight is 290 g/mol. The van der Waals surface area contributed by atoms with Gasteiger partial charge in [0.2, 0.25) is 5.88 Å². The molecule has 1 unspecified atom stereocenters. The minimum atomic E-state index is -0.0331. The van der Waals surface area contributed by atoms with Crippen LogP contribution in [0.3, 0.4) is 0 Å². The van der Waals surface area contributed by atoms with E-state index in [-0.39, 0.29) is 6.10 Å². The molecule has 2 nitrogen and oxygen atoms in total. The zero-order chi connectivity index (χ0) is 14.5. The van der Waals surface area contributed by atoms with Crippen molar-refractivity contribution in [1.29, 1.82) is 0 Å². The molecule has 0 radical (unpaired) electrons. The maximum atomic E-state index is 5.96. The Morgan fingerprint density at radius 3 is 2.40 bits per heavy atom. The quantitative estimate of drug-likeness (QED) is 0.716. The summed E-state index contributed by atoms with van der Waals surface area (Å²) in [7, 11) is 0. The van der Waals surface area contributed by atoms with Crippen LogP contribution in [0.2, 0.25) is 0 Å². The molecule has 0 amide bonds. The standard InChI is InChI=1S/C17H20ClNO/c1-12(2)16-9-14(11-18)10-17(19-16)20-13(3)15-7-5-4-6-8-15/h4-10,12-13H,11H2,1-3H3. The molecule has 0 spiro atoms. The van der Waals surface area contributed by atoms with Crippen LogP contribution in [-0.4, -0.2) is 4.98 Å². The molecule has 1 aromatic carbocycles. The molecule has 0 aliphatic heterocycles. The number of aromatic nitrogens is 1. The smallest absolute Gasteiger partial charge is 0.214 e. The first-order chi connectivity index (χ1) is 9.60. The molecule has 2 rings (SSSR count). The van der Waals surface area contributed by atoms with Gasteiger partial charge in [-0.2, -0.15) is 0 Å². The van der Waals surface area contributed by atoms with Crippen molar-refractivity contribution < 1.29 is 4.74 Å². The molecular weight excluding hydrogens is 270 g/mol. The average Bonchev–Trinajstić information content (AvgIpc) is 2.47.